The summed E-state index contributed by atoms with van der Waals surface area (Å²) in [6, 6.07) is 0. The summed E-state index contributed by atoms with van der Waals surface area (Å²) < 4.78 is 1.10. The van der Waals surface area contributed by atoms with Gasteiger partial charge in [0.25, 0.3) is 0 Å². The first kappa shape index (κ1) is 34.8. The molecule has 0 fully saturated rings. The second kappa shape index (κ2) is 26.9. The molecule has 0 aliphatic carbocycles. The number of hydrogen-bond donors (Lipinski definition) is 2. The van der Waals surface area contributed by atoms with Gasteiger partial charge in [-0.05, 0) is 71.2 Å². The molecule has 0 amide bonds. The van der Waals surface area contributed by atoms with Crippen molar-refractivity contribution in [3.63, 3.8) is 0 Å². The molecular weight excluding hydrogens is 428 g/mol. The van der Waals surface area contributed by atoms with E-state index in [1.54, 1.807) is 0 Å². The highest BCUT2D eigenvalue weighted by Crippen LogP contribution is 2.13. The van der Waals surface area contributed by atoms with Crippen molar-refractivity contribution in [3.05, 3.63) is 0 Å². The fourth-order valence-electron chi connectivity index (χ4n) is 5.04. The zero-order chi connectivity index (χ0) is 25.9. The molecule has 0 unspecified atom stereocenters. The summed E-state index contributed by atoms with van der Waals surface area (Å²) in [5.41, 5.74) is 11.1. The second-order valence-corrected chi connectivity index (χ2v) is 12.2. The highest BCUT2D eigenvalue weighted by Gasteiger charge is 2.09. The van der Waals surface area contributed by atoms with Crippen LogP contribution in [-0.2, 0) is 0 Å². The van der Waals surface area contributed by atoms with Crippen LogP contribution in [0.1, 0.15) is 141 Å². The zero-order valence-electron chi connectivity index (χ0n) is 24.8. The first-order valence-corrected chi connectivity index (χ1v) is 15.9. The Hall–Kier alpha value is -0.160. The van der Waals surface area contributed by atoms with Crippen LogP contribution in [0.4, 0.5) is 0 Å². The van der Waals surface area contributed by atoms with Crippen molar-refractivity contribution >= 4 is 0 Å². The summed E-state index contributed by atoms with van der Waals surface area (Å²) in [7, 11) is 6.95. The van der Waals surface area contributed by atoms with E-state index in [1.165, 1.54) is 167 Å². The molecule has 0 saturated heterocycles. The molecule has 0 aromatic carbocycles. The lowest BCUT2D eigenvalue weighted by molar-refractivity contribution is -0.870. The Morgan fingerprint density at radius 2 is 0.629 bits per heavy atom. The number of quaternary nitrogens is 1. The van der Waals surface area contributed by atoms with Crippen molar-refractivity contribution in [2.24, 2.45) is 11.5 Å². The molecule has 0 rings (SSSR count). The van der Waals surface area contributed by atoms with E-state index in [0.717, 1.165) is 17.6 Å². The summed E-state index contributed by atoms with van der Waals surface area (Å²) in [5.74, 6) is 0. The lowest BCUT2D eigenvalue weighted by atomic mass is 10.1. The van der Waals surface area contributed by atoms with Crippen LogP contribution in [0, 0.1) is 0 Å². The van der Waals surface area contributed by atoms with Crippen molar-refractivity contribution in [2.45, 2.75) is 141 Å². The largest absolute Gasteiger partial charge is 0.331 e. The number of rotatable bonds is 29. The minimum Gasteiger partial charge on any atom is -0.331 e. The number of hydrogen-bond acceptors (Lipinski definition) is 3. The van der Waals surface area contributed by atoms with E-state index >= 15 is 0 Å². The maximum absolute atomic E-state index is 5.57. The molecule has 0 atom stereocenters. The van der Waals surface area contributed by atoms with Crippen molar-refractivity contribution < 1.29 is 4.48 Å². The predicted molar refractivity (Wildman–Crippen MR) is 159 cm³/mol. The molecule has 0 aromatic rings. The van der Waals surface area contributed by atoms with Gasteiger partial charge in [-0.3, -0.25) is 0 Å². The van der Waals surface area contributed by atoms with Crippen molar-refractivity contribution in [2.75, 3.05) is 60.4 Å². The first-order valence-electron chi connectivity index (χ1n) is 15.9. The number of unbranched alkanes of at least 4 members (excludes halogenated alkanes) is 19. The second-order valence-electron chi connectivity index (χ2n) is 12.2. The molecule has 4 heteroatoms. The van der Waals surface area contributed by atoms with Gasteiger partial charge in [0, 0.05) is 0 Å². The monoisotopic (exact) mass is 498 g/mol. The molecule has 4 N–H and O–H groups in total. The topological polar surface area (TPSA) is 55.3 Å². The summed E-state index contributed by atoms with van der Waals surface area (Å²) >= 11 is 0. The molecule has 0 aromatic heterocycles. The summed E-state index contributed by atoms with van der Waals surface area (Å²) in [4.78, 5) is 2.80. The van der Waals surface area contributed by atoms with E-state index in [9.17, 15) is 0 Å². The molecule has 0 saturated carbocycles. The van der Waals surface area contributed by atoms with Gasteiger partial charge in [0.1, 0.15) is 0 Å². The van der Waals surface area contributed by atoms with Gasteiger partial charge in [-0.1, -0.05) is 103 Å². The van der Waals surface area contributed by atoms with Gasteiger partial charge in [-0.2, -0.15) is 0 Å². The Bertz CT molecular complexity index is 368. The third kappa shape index (κ3) is 30.0. The van der Waals surface area contributed by atoms with E-state index in [2.05, 4.69) is 26.0 Å². The molecular formula is C31H69N4+. The predicted octanol–water partition coefficient (Wildman–Crippen LogP) is 7.49. The SMILES string of the molecule is C[N+](C)(C)CCCCN(CCCCCCCCCCCCN)CCCCCCCCCCCCN. The molecule has 35 heavy (non-hydrogen) atoms. The molecule has 0 radical (unpaired) electrons. The Kier molecular flexibility index (Phi) is 26.8. The minimum atomic E-state index is 0.864. The Morgan fingerprint density at radius 3 is 0.914 bits per heavy atom. The van der Waals surface area contributed by atoms with Crippen molar-refractivity contribution in [3.8, 4) is 0 Å². The van der Waals surface area contributed by atoms with Crippen LogP contribution >= 0.6 is 0 Å². The lowest BCUT2D eigenvalue weighted by Gasteiger charge is -2.26. The molecule has 0 bridgehead atoms. The summed E-state index contributed by atoms with van der Waals surface area (Å²) in [6.45, 7) is 6.99. The van der Waals surface area contributed by atoms with Crippen molar-refractivity contribution in [1.29, 1.82) is 0 Å². The van der Waals surface area contributed by atoms with Crippen LogP contribution in [0.5, 0.6) is 0 Å². The van der Waals surface area contributed by atoms with Gasteiger partial charge in [-0.25, -0.2) is 0 Å². The number of nitrogens with zero attached hydrogens (tertiary/aromatic N) is 2. The normalized spacial score (nSPS) is 12.2. The Labute approximate surface area is 222 Å². The van der Waals surface area contributed by atoms with Gasteiger partial charge < -0.3 is 20.9 Å². The maximum atomic E-state index is 5.57. The maximum Gasteiger partial charge on any atom is 0.0780 e. The zero-order valence-corrected chi connectivity index (χ0v) is 24.8. The summed E-state index contributed by atoms with van der Waals surface area (Å²) in [5, 5.41) is 0. The van der Waals surface area contributed by atoms with Crippen LogP contribution < -0.4 is 11.5 Å². The lowest BCUT2D eigenvalue weighted by Crippen LogP contribution is -2.36. The van der Waals surface area contributed by atoms with E-state index in [1.807, 2.05) is 0 Å². The van der Waals surface area contributed by atoms with Gasteiger partial charge in [-0.15, -0.1) is 0 Å². The fraction of sp³-hybridized carbons (Fsp3) is 1.00. The summed E-state index contributed by atoms with van der Waals surface area (Å²) in [6.07, 6.45) is 30.5. The number of nitrogens with two attached hydrogens (primary N) is 2. The molecule has 4 nitrogen and oxygen atoms in total. The standard InChI is InChI=1S/C31H69N4/c1-35(2,3)31-25-24-30-34(28-22-18-14-10-6-4-8-12-16-20-26-32)29-23-19-15-11-7-5-9-13-17-21-27-33/h4-33H2,1-3H3/q+1. The minimum absolute atomic E-state index is 0.864. The smallest absolute Gasteiger partial charge is 0.0780 e. The van der Waals surface area contributed by atoms with E-state index in [0.29, 0.717) is 0 Å². The van der Waals surface area contributed by atoms with Gasteiger partial charge in [0.05, 0.1) is 27.7 Å². The van der Waals surface area contributed by atoms with Crippen LogP contribution in [0.15, 0.2) is 0 Å². The molecule has 0 heterocycles. The van der Waals surface area contributed by atoms with E-state index < -0.39 is 0 Å². The fourth-order valence-corrected chi connectivity index (χ4v) is 5.04. The first-order chi connectivity index (χ1) is 17.0. The quantitative estimate of drug-likeness (QED) is 0.0831. The van der Waals surface area contributed by atoms with Gasteiger partial charge in [0.2, 0.25) is 0 Å². The van der Waals surface area contributed by atoms with E-state index in [4.69, 9.17) is 11.5 Å². The van der Waals surface area contributed by atoms with Crippen LogP contribution in [-0.4, -0.2) is 69.8 Å². The highest BCUT2D eigenvalue weighted by atomic mass is 15.3. The average molecular weight is 498 g/mol. The molecule has 0 spiro atoms. The van der Waals surface area contributed by atoms with Gasteiger partial charge in [0.15, 0.2) is 0 Å². The Morgan fingerprint density at radius 1 is 0.371 bits per heavy atom. The van der Waals surface area contributed by atoms with E-state index in [-0.39, 0.29) is 0 Å². The third-order valence-electron chi connectivity index (χ3n) is 7.41. The van der Waals surface area contributed by atoms with Crippen LogP contribution in [0.3, 0.4) is 0 Å². The van der Waals surface area contributed by atoms with Gasteiger partial charge >= 0.3 is 0 Å². The Balaban J connectivity index is 3.84. The molecule has 0 aliphatic rings. The highest BCUT2D eigenvalue weighted by molar-refractivity contribution is 4.60. The van der Waals surface area contributed by atoms with Crippen molar-refractivity contribution in [1.82, 2.24) is 4.90 Å². The molecule has 212 valence electrons. The average Bonchev–Trinajstić information content (AvgIpc) is 2.82. The molecule has 0 aliphatic heterocycles. The van der Waals surface area contributed by atoms with Crippen LogP contribution in [0.25, 0.3) is 0 Å². The third-order valence-corrected chi connectivity index (χ3v) is 7.41. The van der Waals surface area contributed by atoms with Crippen LogP contribution in [0.2, 0.25) is 0 Å².